The zero-order chi connectivity index (χ0) is 9.84. The zero-order valence-corrected chi connectivity index (χ0v) is 8.05. The molecule has 0 heterocycles. The molecule has 1 rings (SSSR count). The molecule has 72 valence electrons. The van der Waals surface area contributed by atoms with E-state index in [9.17, 15) is 4.39 Å². The molecule has 0 aliphatic heterocycles. The fraction of sp³-hybridized carbons (Fsp3) is 0.455. The van der Waals surface area contributed by atoms with Gasteiger partial charge in [0.2, 0.25) is 0 Å². The van der Waals surface area contributed by atoms with Gasteiger partial charge in [-0.15, -0.1) is 0 Å². The summed E-state index contributed by atoms with van der Waals surface area (Å²) in [6.45, 7) is 3.61. The SMILES string of the molecule is Cc1ccc(C(C)F)cc1CCO. The van der Waals surface area contributed by atoms with Gasteiger partial charge < -0.3 is 5.11 Å². The lowest BCUT2D eigenvalue weighted by Crippen LogP contribution is -1.96. The lowest BCUT2D eigenvalue weighted by atomic mass is 10.0. The summed E-state index contributed by atoms with van der Waals surface area (Å²) in [5, 5.41) is 8.78. The summed E-state index contributed by atoms with van der Waals surface area (Å²) in [5.74, 6) is 0. The van der Waals surface area contributed by atoms with E-state index in [1.165, 1.54) is 6.92 Å². The number of hydrogen-bond donors (Lipinski definition) is 1. The number of alkyl halides is 1. The molecule has 1 aromatic carbocycles. The first-order valence-corrected chi connectivity index (χ1v) is 4.49. The van der Waals surface area contributed by atoms with Gasteiger partial charge in [-0.1, -0.05) is 18.2 Å². The Balaban J connectivity index is 2.97. The number of aliphatic hydroxyl groups is 1. The van der Waals surface area contributed by atoms with Crippen LogP contribution >= 0.6 is 0 Å². The van der Waals surface area contributed by atoms with Crippen molar-refractivity contribution in [2.24, 2.45) is 0 Å². The second-order valence-corrected chi connectivity index (χ2v) is 3.28. The minimum atomic E-state index is -0.932. The van der Waals surface area contributed by atoms with Crippen molar-refractivity contribution in [3.8, 4) is 0 Å². The summed E-state index contributed by atoms with van der Waals surface area (Å²) in [5.41, 5.74) is 2.83. The average molecular weight is 182 g/mol. The number of rotatable bonds is 3. The topological polar surface area (TPSA) is 20.2 Å². The number of benzene rings is 1. The Morgan fingerprint density at radius 3 is 2.69 bits per heavy atom. The molecule has 0 aliphatic rings. The van der Waals surface area contributed by atoms with Crippen LogP contribution in [0, 0.1) is 6.92 Å². The first kappa shape index (κ1) is 10.2. The van der Waals surface area contributed by atoms with Crippen molar-refractivity contribution >= 4 is 0 Å². The first-order valence-electron chi connectivity index (χ1n) is 4.49. The van der Waals surface area contributed by atoms with Crippen LogP contribution in [0.15, 0.2) is 18.2 Å². The molecule has 13 heavy (non-hydrogen) atoms. The van der Waals surface area contributed by atoms with Crippen LogP contribution in [0.3, 0.4) is 0 Å². The molecule has 0 radical (unpaired) electrons. The fourth-order valence-corrected chi connectivity index (χ4v) is 1.33. The molecule has 0 aliphatic carbocycles. The van der Waals surface area contributed by atoms with E-state index in [-0.39, 0.29) is 6.61 Å². The molecular weight excluding hydrogens is 167 g/mol. The van der Waals surface area contributed by atoms with Crippen molar-refractivity contribution in [2.45, 2.75) is 26.4 Å². The molecule has 0 saturated carbocycles. The number of hydrogen-bond acceptors (Lipinski definition) is 1. The largest absolute Gasteiger partial charge is 0.396 e. The summed E-state index contributed by atoms with van der Waals surface area (Å²) in [4.78, 5) is 0. The van der Waals surface area contributed by atoms with E-state index >= 15 is 0 Å². The van der Waals surface area contributed by atoms with E-state index in [0.29, 0.717) is 12.0 Å². The summed E-state index contributed by atoms with van der Waals surface area (Å²) in [6, 6.07) is 5.52. The second kappa shape index (κ2) is 4.38. The molecule has 1 atom stereocenters. The third-order valence-electron chi connectivity index (χ3n) is 2.21. The van der Waals surface area contributed by atoms with Gasteiger partial charge in [0.25, 0.3) is 0 Å². The Morgan fingerprint density at radius 2 is 2.15 bits per heavy atom. The van der Waals surface area contributed by atoms with Crippen molar-refractivity contribution in [2.75, 3.05) is 6.61 Å². The van der Waals surface area contributed by atoms with Crippen LogP contribution in [-0.2, 0) is 6.42 Å². The molecule has 0 fully saturated rings. The maximum atomic E-state index is 12.9. The maximum absolute atomic E-state index is 12.9. The van der Waals surface area contributed by atoms with Gasteiger partial charge in [0, 0.05) is 6.61 Å². The van der Waals surface area contributed by atoms with E-state index in [4.69, 9.17) is 5.11 Å². The predicted octanol–water partition coefficient (Wildman–Crippen LogP) is 2.56. The van der Waals surface area contributed by atoms with Crippen LogP contribution in [0.4, 0.5) is 4.39 Å². The van der Waals surface area contributed by atoms with Crippen molar-refractivity contribution in [1.82, 2.24) is 0 Å². The van der Waals surface area contributed by atoms with E-state index < -0.39 is 6.17 Å². The van der Waals surface area contributed by atoms with Gasteiger partial charge in [-0.05, 0) is 37.0 Å². The van der Waals surface area contributed by atoms with Gasteiger partial charge in [-0.2, -0.15) is 0 Å². The Labute approximate surface area is 78.2 Å². The molecule has 0 amide bonds. The first-order chi connectivity index (χ1) is 6.15. The van der Waals surface area contributed by atoms with Crippen LogP contribution in [0.5, 0.6) is 0 Å². The second-order valence-electron chi connectivity index (χ2n) is 3.28. The predicted molar refractivity (Wildman–Crippen MR) is 51.5 cm³/mol. The third kappa shape index (κ3) is 2.52. The van der Waals surface area contributed by atoms with Gasteiger partial charge in [0.15, 0.2) is 0 Å². The quantitative estimate of drug-likeness (QED) is 0.761. The molecule has 0 saturated heterocycles. The molecule has 1 N–H and O–H groups in total. The molecule has 2 heteroatoms. The highest BCUT2D eigenvalue weighted by molar-refractivity contribution is 5.32. The van der Waals surface area contributed by atoms with Crippen LogP contribution in [0.25, 0.3) is 0 Å². The van der Waals surface area contributed by atoms with Crippen LogP contribution in [-0.4, -0.2) is 11.7 Å². The van der Waals surface area contributed by atoms with Crippen LogP contribution < -0.4 is 0 Å². The number of halogens is 1. The summed E-state index contributed by atoms with van der Waals surface area (Å²) in [7, 11) is 0. The van der Waals surface area contributed by atoms with Crippen LogP contribution in [0.1, 0.15) is 29.8 Å². The Bertz CT molecular complexity index is 281. The lowest BCUT2D eigenvalue weighted by Gasteiger charge is -2.08. The highest BCUT2D eigenvalue weighted by atomic mass is 19.1. The van der Waals surface area contributed by atoms with Crippen molar-refractivity contribution in [3.05, 3.63) is 34.9 Å². The average Bonchev–Trinajstić information content (AvgIpc) is 2.08. The maximum Gasteiger partial charge on any atom is 0.122 e. The summed E-state index contributed by atoms with van der Waals surface area (Å²) in [6.07, 6.45) is -0.329. The van der Waals surface area contributed by atoms with E-state index in [0.717, 1.165) is 11.1 Å². The molecule has 0 bridgehead atoms. The van der Waals surface area contributed by atoms with Gasteiger partial charge >= 0.3 is 0 Å². The molecule has 0 aromatic heterocycles. The monoisotopic (exact) mass is 182 g/mol. The Kier molecular flexibility index (Phi) is 3.43. The Hall–Kier alpha value is -0.890. The summed E-state index contributed by atoms with van der Waals surface area (Å²) >= 11 is 0. The van der Waals surface area contributed by atoms with Crippen molar-refractivity contribution in [1.29, 1.82) is 0 Å². The highest BCUT2D eigenvalue weighted by Crippen LogP contribution is 2.20. The highest BCUT2D eigenvalue weighted by Gasteiger charge is 2.05. The van der Waals surface area contributed by atoms with Gasteiger partial charge in [-0.25, -0.2) is 4.39 Å². The van der Waals surface area contributed by atoms with Crippen molar-refractivity contribution in [3.63, 3.8) is 0 Å². The molecule has 0 spiro atoms. The minimum Gasteiger partial charge on any atom is -0.396 e. The van der Waals surface area contributed by atoms with Gasteiger partial charge in [-0.3, -0.25) is 0 Å². The molecule has 1 nitrogen and oxygen atoms in total. The number of aliphatic hydroxyl groups excluding tert-OH is 1. The minimum absolute atomic E-state index is 0.116. The summed E-state index contributed by atoms with van der Waals surface area (Å²) < 4.78 is 12.9. The van der Waals surface area contributed by atoms with Crippen molar-refractivity contribution < 1.29 is 9.50 Å². The van der Waals surface area contributed by atoms with E-state index in [2.05, 4.69) is 0 Å². The van der Waals surface area contributed by atoms with Gasteiger partial charge in [0.1, 0.15) is 6.17 Å². The van der Waals surface area contributed by atoms with E-state index in [1.807, 2.05) is 19.1 Å². The van der Waals surface area contributed by atoms with Crippen LogP contribution in [0.2, 0.25) is 0 Å². The fourth-order valence-electron chi connectivity index (χ4n) is 1.33. The molecule has 1 unspecified atom stereocenters. The number of aryl methyl sites for hydroxylation is 1. The Morgan fingerprint density at radius 1 is 1.46 bits per heavy atom. The van der Waals surface area contributed by atoms with E-state index in [1.54, 1.807) is 6.07 Å². The zero-order valence-electron chi connectivity index (χ0n) is 8.05. The standard InChI is InChI=1S/C11H15FO/c1-8-3-4-11(9(2)12)7-10(8)5-6-13/h3-4,7,9,13H,5-6H2,1-2H3. The molecular formula is C11H15FO. The third-order valence-corrected chi connectivity index (χ3v) is 2.21. The lowest BCUT2D eigenvalue weighted by molar-refractivity contribution is 0.299. The normalized spacial score (nSPS) is 12.9. The molecule has 1 aromatic rings. The smallest absolute Gasteiger partial charge is 0.122 e. The van der Waals surface area contributed by atoms with Gasteiger partial charge in [0.05, 0.1) is 0 Å².